The number of aliphatic hydroxyl groups excluding tert-OH is 1. The molecule has 0 radical (unpaired) electrons. The smallest absolute Gasteiger partial charge is 0.165 e. The van der Waals surface area contributed by atoms with E-state index in [1.807, 2.05) is 11.5 Å². The number of hydrogen-bond acceptors (Lipinski definition) is 5. The fourth-order valence-electron chi connectivity index (χ4n) is 2.21. The highest BCUT2D eigenvalue weighted by atomic mass is 16.5. The molecular formula is C11H14N4O2. The van der Waals surface area contributed by atoms with Crippen molar-refractivity contribution in [3.63, 3.8) is 0 Å². The maximum atomic E-state index is 9.06. The van der Waals surface area contributed by atoms with E-state index in [2.05, 4.69) is 15.0 Å². The maximum absolute atomic E-state index is 9.06. The molecule has 6 heteroatoms. The van der Waals surface area contributed by atoms with Crippen LogP contribution < -0.4 is 0 Å². The fraction of sp³-hybridized carbons (Fsp3) is 0.545. The van der Waals surface area contributed by atoms with Crippen LogP contribution in [-0.4, -0.2) is 37.3 Å². The molecule has 90 valence electrons. The molecule has 3 rings (SSSR count). The quantitative estimate of drug-likeness (QED) is 0.832. The van der Waals surface area contributed by atoms with E-state index in [0.717, 1.165) is 29.7 Å². The largest absolute Gasteiger partial charge is 0.394 e. The van der Waals surface area contributed by atoms with Crippen LogP contribution in [0.1, 0.15) is 24.8 Å². The second-order valence-electron chi connectivity index (χ2n) is 4.26. The van der Waals surface area contributed by atoms with Gasteiger partial charge in [-0.15, -0.1) is 0 Å². The zero-order valence-electron chi connectivity index (χ0n) is 9.58. The van der Waals surface area contributed by atoms with Crippen LogP contribution in [0.25, 0.3) is 11.2 Å². The first-order chi connectivity index (χ1) is 8.29. The zero-order valence-corrected chi connectivity index (χ0v) is 9.58. The van der Waals surface area contributed by atoms with Crippen molar-refractivity contribution in [2.75, 3.05) is 6.61 Å². The number of hydrogen-bond donors (Lipinski definition) is 1. The number of aryl methyl sites for hydroxylation is 1. The first kappa shape index (κ1) is 10.6. The minimum absolute atomic E-state index is 0.0666. The Kier molecular flexibility index (Phi) is 2.53. The Morgan fingerprint density at radius 2 is 2.29 bits per heavy atom. The summed E-state index contributed by atoms with van der Waals surface area (Å²) in [5.41, 5.74) is 2.47. The third-order valence-corrected chi connectivity index (χ3v) is 3.14. The lowest BCUT2D eigenvalue weighted by Crippen LogP contribution is -2.14. The summed E-state index contributed by atoms with van der Waals surface area (Å²) in [4.78, 5) is 12.7. The molecule has 0 aromatic carbocycles. The summed E-state index contributed by atoms with van der Waals surface area (Å²) in [5.74, 6) is 0. The third kappa shape index (κ3) is 1.69. The molecule has 1 aliphatic heterocycles. The first-order valence-electron chi connectivity index (χ1n) is 5.70. The van der Waals surface area contributed by atoms with E-state index >= 15 is 0 Å². The molecule has 0 amide bonds. The highest BCUT2D eigenvalue weighted by molar-refractivity contribution is 5.72. The van der Waals surface area contributed by atoms with Gasteiger partial charge in [0.1, 0.15) is 18.1 Å². The van der Waals surface area contributed by atoms with Crippen molar-refractivity contribution < 1.29 is 9.84 Å². The van der Waals surface area contributed by atoms with Gasteiger partial charge in [-0.05, 0) is 19.8 Å². The van der Waals surface area contributed by atoms with Gasteiger partial charge in [0.25, 0.3) is 0 Å². The van der Waals surface area contributed by atoms with Crippen LogP contribution in [0.3, 0.4) is 0 Å². The number of ether oxygens (including phenoxy) is 1. The van der Waals surface area contributed by atoms with Crippen molar-refractivity contribution in [3.8, 4) is 0 Å². The highest BCUT2D eigenvalue weighted by Gasteiger charge is 2.27. The molecule has 0 spiro atoms. The number of aromatic nitrogens is 4. The second-order valence-corrected chi connectivity index (χ2v) is 4.26. The van der Waals surface area contributed by atoms with Crippen LogP contribution in [0.5, 0.6) is 0 Å². The highest BCUT2D eigenvalue weighted by Crippen LogP contribution is 2.30. The molecule has 3 heterocycles. The Bertz CT molecular complexity index is 539. The maximum Gasteiger partial charge on any atom is 0.165 e. The molecule has 2 atom stereocenters. The fourth-order valence-corrected chi connectivity index (χ4v) is 2.21. The predicted molar refractivity (Wildman–Crippen MR) is 60.3 cm³/mol. The Hall–Kier alpha value is -1.53. The zero-order chi connectivity index (χ0) is 11.8. The molecule has 2 unspecified atom stereocenters. The molecule has 2 aromatic heterocycles. The lowest BCUT2D eigenvalue weighted by Gasteiger charge is -2.13. The van der Waals surface area contributed by atoms with Crippen LogP contribution in [0.15, 0.2) is 12.7 Å². The van der Waals surface area contributed by atoms with Gasteiger partial charge >= 0.3 is 0 Å². The van der Waals surface area contributed by atoms with Crippen LogP contribution in [-0.2, 0) is 4.74 Å². The third-order valence-electron chi connectivity index (χ3n) is 3.14. The monoisotopic (exact) mass is 234 g/mol. The van der Waals surface area contributed by atoms with Gasteiger partial charge in [0.05, 0.1) is 24.7 Å². The van der Waals surface area contributed by atoms with E-state index in [1.54, 1.807) is 6.33 Å². The van der Waals surface area contributed by atoms with Gasteiger partial charge < -0.3 is 9.84 Å². The summed E-state index contributed by atoms with van der Waals surface area (Å²) < 4.78 is 7.63. The van der Waals surface area contributed by atoms with Gasteiger partial charge in [-0.25, -0.2) is 15.0 Å². The van der Waals surface area contributed by atoms with Gasteiger partial charge in [0.15, 0.2) is 5.65 Å². The Morgan fingerprint density at radius 1 is 1.41 bits per heavy atom. The Morgan fingerprint density at radius 3 is 3.06 bits per heavy atom. The van der Waals surface area contributed by atoms with Gasteiger partial charge in [-0.2, -0.15) is 0 Å². The average Bonchev–Trinajstić information content (AvgIpc) is 2.94. The van der Waals surface area contributed by atoms with E-state index in [9.17, 15) is 0 Å². The van der Waals surface area contributed by atoms with Crippen LogP contribution in [0, 0.1) is 6.92 Å². The van der Waals surface area contributed by atoms with Crippen molar-refractivity contribution in [3.05, 3.63) is 18.3 Å². The number of aliphatic hydroxyl groups is 1. The summed E-state index contributed by atoms with van der Waals surface area (Å²) in [6.45, 7) is 1.98. The molecule has 1 fully saturated rings. The van der Waals surface area contributed by atoms with Crippen molar-refractivity contribution in [2.24, 2.45) is 0 Å². The summed E-state index contributed by atoms with van der Waals surface area (Å²) in [6.07, 6.45) is 4.86. The summed E-state index contributed by atoms with van der Waals surface area (Å²) in [7, 11) is 0. The molecule has 0 aliphatic carbocycles. The van der Waals surface area contributed by atoms with E-state index in [4.69, 9.17) is 9.84 Å². The number of fused-ring (bicyclic) bond motifs is 1. The Balaban J connectivity index is 1.99. The molecule has 1 N–H and O–H groups in total. The van der Waals surface area contributed by atoms with Crippen LogP contribution in [0.4, 0.5) is 0 Å². The van der Waals surface area contributed by atoms with Gasteiger partial charge in [-0.3, -0.25) is 4.57 Å². The van der Waals surface area contributed by atoms with Crippen molar-refractivity contribution >= 4 is 11.2 Å². The minimum Gasteiger partial charge on any atom is -0.394 e. The second kappa shape index (κ2) is 4.05. The van der Waals surface area contributed by atoms with E-state index in [1.165, 1.54) is 6.33 Å². The molecule has 17 heavy (non-hydrogen) atoms. The lowest BCUT2D eigenvalue weighted by molar-refractivity contribution is -0.0207. The molecule has 2 aromatic rings. The number of imidazole rings is 1. The van der Waals surface area contributed by atoms with E-state index < -0.39 is 0 Å². The normalized spacial score (nSPS) is 24.6. The lowest BCUT2D eigenvalue weighted by atomic mass is 10.2. The van der Waals surface area contributed by atoms with E-state index in [-0.39, 0.29) is 18.9 Å². The molecule has 0 bridgehead atoms. The average molecular weight is 234 g/mol. The van der Waals surface area contributed by atoms with Crippen molar-refractivity contribution in [2.45, 2.75) is 32.1 Å². The van der Waals surface area contributed by atoms with Gasteiger partial charge in [-0.1, -0.05) is 0 Å². The standard InChI is InChI=1S/C11H14N4O2/c1-7-10-11(13-5-12-7)15(6-14-10)9-3-2-8(4-16)17-9/h5-6,8-9,16H,2-4H2,1H3. The summed E-state index contributed by atoms with van der Waals surface area (Å²) >= 11 is 0. The van der Waals surface area contributed by atoms with Crippen LogP contribution >= 0.6 is 0 Å². The minimum atomic E-state index is -0.0774. The Labute approximate surface area is 98.3 Å². The van der Waals surface area contributed by atoms with Gasteiger partial charge in [0, 0.05) is 0 Å². The molecule has 1 aliphatic rings. The predicted octanol–water partition coefficient (Wildman–Crippen LogP) is 0.805. The molecular weight excluding hydrogens is 220 g/mol. The molecule has 6 nitrogen and oxygen atoms in total. The number of nitrogens with zero attached hydrogens (tertiary/aromatic N) is 4. The van der Waals surface area contributed by atoms with Gasteiger partial charge in [0.2, 0.25) is 0 Å². The molecule has 0 saturated carbocycles. The van der Waals surface area contributed by atoms with Crippen molar-refractivity contribution in [1.29, 1.82) is 0 Å². The summed E-state index contributed by atoms with van der Waals surface area (Å²) in [6, 6.07) is 0. The van der Waals surface area contributed by atoms with E-state index in [0.29, 0.717) is 0 Å². The number of rotatable bonds is 2. The topological polar surface area (TPSA) is 73.1 Å². The molecule has 1 saturated heterocycles. The van der Waals surface area contributed by atoms with Crippen LogP contribution in [0.2, 0.25) is 0 Å². The van der Waals surface area contributed by atoms with Crippen molar-refractivity contribution in [1.82, 2.24) is 19.5 Å². The summed E-state index contributed by atoms with van der Waals surface area (Å²) in [5, 5.41) is 9.06. The first-order valence-corrected chi connectivity index (χ1v) is 5.70. The SMILES string of the molecule is Cc1ncnc2c1ncn2C1CCC(CO)O1.